The summed E-state index contributed by atoms with van der Waals surface area (Å²) < 4.78 is 5.11. The van der Waals surface area contributed by atoms with Crippen LogP contribution in [0.1, 0.15) is 20.8 Å². The van der Waals surface area contributed by atoms with Gasteiger partial charge < -0.3 is 10.1 Å². The molecule has 0 saturated heterocycles. The Balaban J connectivity index is 1.65. The van der Waals surface area contributed by atoms with Gasteiger partial charge in [-0.05, 0) is 35.2 Å². The Morgan fingerprint density at radius 2 is 2.12 bits per heavy atom. The van der Waals surface area contributed by atoms with Gasteiger partial charge in [0.05, 0.1) is 12.7 Å². The molecule has 2 aromatic heterocycles. The van der Waals surface area contributed by atoms with Crippen LogP contribution in [0.25, 0.3) is 0 Å². The van der Waals surface area contributed by atoms with E-state index in [-0.39, 0.29) is 5.91 Å². The average molecular weight is 370 g/mol. The van der Waals surface area contributed by atoms with E-state index in [1.807, 2.05) is 42.5 Å². The van der Waals surface area contributed by atoms with Crippen LogP contribution in [0.5, 0.6) is 5.88 Å². The van der Waals surface area contributed by atoms with Crippen molar-refractivity contribution in [3.05, 3.63) is 76.1 Å². The van der Waals surface area contributed by atoms with Gasteiger partial charge in [-0.25, -0.2) is 4.98 Å². The molecule has 0 saturated carbocycles. The zero-order valence-corrected chi connectivity index (χ0v) is 15.4. The first-order valence-corrected chi connectivity index (χ1v) is 9.64. The first-order chi connectivity index (χ1) is 12.3. The molecule has 0 bridgehead atoms. The van der Waals surface area contributed by atoms with E-state index in [1.54, 1.807) is 36.4 Å². The SMILES string of the molecule is COc1cc(CNC(=O)c2ccccc2SCc2cccs2)ccn1. The molecule has 1 amide bonds. The zero-order chi connectivity index (χ0) is 17.5. The fourth-order valence-corrected chi connectivity index (χ4v) is 4.10. The highest BCUT2D eigenvalue weighted by Crippen LogP contribution is 2.28. The summed E-state index contributed by atoms with van der Waals surface area (Å²) in [6, 6.07) is 15.5. The Labute approximate surface area is 155 Å². The van der Waals surface area contributed by atoms with Crippen molar-refractivity contribution in [2.45, 2.75) is 17.2 Å². The number of thiophene rings is 1. The van der Waals surface area contributed by atoms with Gasteiger partial charge in [-0.3, -0.25) is 4.79 Å². The predicted octanol–water partition coefficient (Wildman–Crippen LogP) is 4.37. The number of nitrogens with zero attached hydrogens (tertiary/aromatic N) is 1. The van der Waals surface area contributed by atoms with E-state index in [0.717, 1.165) is 16.2 Å². The topological polar surface area (TPSA) is 51.2 Å². The van der Waals surface area contributed by atoms with Crippen LogP contribution >= 0.6 is 23.1 Å². The van der Waals surface area contributed by atoms with Crippen molar-refractivity contribution >= 4 is 29.0 Å². The number of rotatable bonds is 7. The Bertz CT molecular complexity index is 835. The Hall–Kier alpha value is -2.31. The smallest absolute Gasteiger partial charge is 0.252 e. The molecule has 0 aliphatic heterocycles. The van der Waals surface area contributed by atoms with Crippen LogP contribution in [-0.4, -0.2) is 18.0 Å². The zero-order valence-electron chi connectivity index (χ0n) is 13.8. The number of hydrogen-bond acceptors (Lipinski definition) is 5. The molecule has 128 valence electrons. The molecule has 6 heteroatoms. The third kappa shape index (κ3) is 4.84. The number of nitrogens with one attached hydrogen (secondary N) is 1. The Morgan fingerprint density at radius 3 is 2.92 bits per heavy atom. The van der Waals surface area contributed by atoms with Gasteiger partial charge in [0.15, 0.2) is 0 Å². The third-order valence-corrected chi connectivity index (χ3v) is 5.72. The van der Waals surface area contributed by atoms with Crippen LogP contribution in [0, 0.1) is 0 Å². The van der Waals surface area contributed by atoms with E-state index >= 15 is 0 Å². The minimum Gasteiger partial charge on any atom is -0.481 e. The highest BCUT2D eigenvalue weighted by molar-refractivity contribution is 7.98. The molecule has 0 unspecified atom stereocenters. The largest absolute Gasteiger partial charge is 0.481 e. The molecular formula is C19H18N2O2S2. The highest BCUT2D eigenvalue weighted by atomic mass is 32.2. The number of hydrogen-bond donors (Lipinski definition) is 1. The number of methoxy groups -OCH3 is 1. The van der Waals surface area contributed by atoms with E-state index in [2.05, 4.69) is 21.7 Å². The van der Waals surface area contributed by atoms with Gasteiger partial charge >= 0.3 is 0 Å². The lowest BCUT2D eigenvalue weighted by molar-refractivity contribution is 0.0948. The molecule has 3 aromatic rings. The van der Waals surface area contributed by atoms with Gasteiger partial charge in [0.1, 0.15) is 0 Å². The minimum atomic E-state index is -0.0786. The molecule has 0 aliphatic carbocycles. The molecule has 0 spiro atoms. The number of aromatic nitrogens is 1. The summed E-state index contributed by atoms with van der Waals surface area (Å²) in [4.78, 5) is 18.9. The molecule has 0 fully saturated rings. The first-order valence-electron chi connectivity index (χ1n) is 7.77. The number of pyridine rings is 1. The van der Waals surface area contributed by atoms with Crippen LogP contribution in [0.15, 0.2) is 65.0 Å². The number of benzene rings is 1. The monoisotopic (exact) mass is 370 g/mol. The standard InChI is InChI=1S/C19H18N2O2S2/c1-23-18-11-14(8-9-20-18)12-21-19(22)16-6-2-3-7-17(16)25-13-15-5-4-10-24-15/h2-11H,12-13H2,1H3,(H,21,22). The second-order valence-electron chi connectivity index (χ2n) is 5.25. The lowest BCUT2D eigenvalue weighted by atomic mass is 10.2. The molecular weight excluding hydrogens is 352 g/mol. The summed E-state index contributed by atoms with van der Waals surface area (Å²) in [5, 5.41) is 5.03. The molecule has 4 nitrogen and oxygen atoms in total. The normalized spacial score (nSPS) is 10.4. The van der Waals surface area contributed by atoms with Gasteiger partial charge in [0.25, 0.3) is 5.91 Å². The molecule has 0 aliphatic rings. The van der Waals surface area contributed by atoms with Crippen molar-refractivity contribution in [1.29, 1.82) is 0 Å². The fraction of sp³-hybridized carbons (Fsp3) is 0.158. The van der Waals surface area contributed by atoms with Gasteiger partial charge in [0, 0.05) is 34.3 Å². The van der Waals surface area contributed by atoms with Gasteiger partial charge in [-0.2, -0.15) is 0 Å². The molecule has 25 heavy (non-hydrogen) atoms. The second kappa shape index (κ2) is 8.69. The number of carbonyl (C=O) groups excluding carboxylic acids is 1. The lowest BCUT2D eigenvalue weighted by Crippen LogP contribution is -2.23. The van der Waals surface area contributed by atoms with E-state index < -0.39 is 0 Å². The van der Waals surface area contributed by atoms with Crippen LogP contribution in [0.3, 0.4) is 0 Å². The fourth-order valence-electron chi connectivity index (χ4n) is 2.27. The van der Waals surface area contributed by atoms with Crippen molar-refractivity contribution < 1.29 is 9.53 Å². The number of amides is 1. The molecule has 2 heterocycles. The molecule has 0 atom stereocenters. The summed E-state index contributed by atoms with van der Waals surface area (Å²) >= 11 is 3.41. The van der Waals surface area contributed by atoms with E-state index in [9.17, 15) is 4.79 Å². The van der Waals surface area contributed by atoms with Gasteiger partial charge in [-0.1, -0.05) is 18.2 Å². The molecule has 1 aromatic carbocycles. The van der Waals surface area contributed by atoms with Crippen molar-refractivity contribution in [2.24, 2.45) is 0 Å². The summed E-state index contributed by atoms with van der Waals surface area (Å²) in [7, 11) is 1.58. The van der Waals surface area contributed by atoms with Crippen molar-refractivity contribution in [3.8, 4) is 5.88 Å². The summed E-state index contributed by atoms with van der Waals surface area (Å²) in [5.41, 5.74) is 1.65. The predicted molar refractivity (Wildman–Crippen MR) is 102 cm³/mol. The molecule has 3 rings (SSSR count). The van der Waals surface area contributed by atoms with Gasteiger partial charge in [0.2, 0.25) is 5.88 Å². The summed E-state index contributed by atoms with van der Waals surface area (Å²) in [6.45, 7) is 0.432. The molecule has 1 N–H and O–H groups in total. The van der Waals surface area contributed by atoms with Crippen molar-refractivity contribution in [3.63, 3.8) is 0 Å². The summed E-state index contributed by atoms with van der Waals surface area (Å²) in [5.74, 6) is 1.33. The van der Waals surface area contributed by atoms with Gasteiger partial charge in [-0.15, -0.1) is 23.1 Å². The van der Waals surface area contributed by atoms with Crippen LogP contribution in [-0.2, 0) is 12.3 Å². The molecule has 0 radical (unpaired) electrons. The lowest BCUT2D eigenvalue weighted by Gasteiger charge is -2.10. The highest BCUT2D eigenvalue weighted by Gasteiger charge is 2.11. The van der Waals surface area contributed by atoms with Crippen LogP contribution < -0.4 is 10.1 Å². The van der Waals surface area contributed by atoms with Crippen molar-refractivity contribution in [1.82, 2.24) is 10.3 Å². The van der Waals surface area contributed by atoms with E-state index in [4.69, 9.17) is 4.74 Å². The maximum absolute atomic E-state index is 12.6. The second-order valence-corrected chi connectivity index (χ2v) is 7.30. The average Bonchev–Trinajstić information content (AvgIpc) is 3.18. The minimum absolute atomic E-state index is 0.0786. The van der Waals surface area contributed by atoms with E-state index in [0.29, 0.717) is 18.0 Å². The number of carbonyl (C=O) groups is 1. The first kappa shape index (κ1) is 17.5. The quantitative estimate of drug-likeness (QED) is 0.627. The van der Waals surface area contributed by atoms with Crippen molar-refractivity contribution in [2.75, 3.05) is 7.11 Å². The van der Waals surface area contributed by atoms with Crippen LogP contribution in [0.2, 0.25) is 0 Å². The maximum atomic E-state index is 12.6. The summed E-state index contributed by atoms with van der Waals surface area (Å²) in [6.07, 6.45) is 1.67. The Morgan fingerprint density at radius 1 is 1.24 bits per heavy atom. The van der Waals surface area contributed by atoms with Crippen LogP contribution in [0.4, 0.5) is 0 Å². The number of thioether (sulfide) groups is 1. The van der Waals surface area contributed by atoms with E-state index in [1.165, 1.54) is 4.88 Å². The Kier molecular flexibility index (Phi) is 6.09. The maximum Gasteiger partial charge on any atom is 0.252 e. The number of ether oxygens (including phenoxy) is 1. The third-order valence-electron chi connectivity index (χ3n) is 3.54.